The van der Waals surface area contributed by atoms with Gasteiger partial charge in [0, 0.05) is 107 Å². The molecule has 0 saturated heterocycles. The number of rotatable bonds is 5. The van der Waals surface area contributed by atoms with Crippen LogP contribution in [0.5, 0.6) is 0 Å². The van der Waals surface area contributed by atoms with Crippen molar-refractivity contribution in [3.8, 4) is 56.3 Å². The van der Waals surface area contributed by atoms with Crippen LogP contribution in [0.2, 0.25) is 0 Å². The van der Waals surface area contributed by atoms with E-state index in [0.717, 1.165) is 106 Å². The summed E-state index contributed by atoms with van der Waals surface area (Å²) >= 11 is 1.82. The Bertz CT molecular complexity index is 4780. The van der Waals surface area contributed by atoms with Gasteiger partial charge in [0.15, 0.2) is 0 Å². The average Bonchev–Trinajstić information content (AvgIpc) is 3.61. The van der Waals surface area contributed by atoms with Gasteiger partial charge in [-0.1, -0.05) is 142 Å². The number of furan rings is 2. The Kier molecular flexibility index (Phi) is 21.7. The third-order valence-electron chi connectivity index (χ3n) is 13.8. The Labute approximate surface area is 550 Å². The van der Waals surface area contributed by atoms with Gasteiger partial charge >= 0.3 is 0 Å². The molecule has 16 aromatic rings. The first-order valence-electron chi connectivity index (χ1n) is 27.4. The smallest absolute Gasteiger partial charge is 0.120 e. The van der Waals surface area contributed by atoms with Crippen LogP contribution in [0.15, 0.2) is 270 Å². The summed E-state index contributed by atoms with van der Waals surface area (Å²) in [5, 5.41) is 7.08. The van der Waals surface area contributed by atoms with Crippen LogP contribution in [0.3, 0.4) is 0 Å². The largest absolute Gasteiger partial charge is 0.501 e. The van der Waals surface area contributed by atoms with E-state index in [1.54, 1.807) is 12.4 Å². The third-order valence-corrected chi connectivity index (χ3v) is 14.9. The van der Waals surface area contributed by atoms with Crippen LogP contribution in [-0.4, -0.2) is 24.9 Å². The zero-order valence-corrected chi connectivity index (χ0v) is 55.3. The number of pyridine rings is 5. The van der Waals surface area contributed by atoms with Gasteiger partial charge in [0.25, 0.3) is 0 Å². The first kappa shape index (κ1) is 62.8. The monoisotopic (exact) mass is 1680 g/mol. The van der Waals surface area contributed by atoms with Crippen molar-refractivity contribution in [3.63, 3.8) is 0 Å². The van der Waals surface area contributed by atoms with Crippen molar-refractivity contribution < 1.29 is 69.2 Å². The number of benzene rings is 8. The number of aromatic nitrogens is 5. The normalized spacial score (nSPS) is 10.4. The molecule has 0 saturated carbocycles. The molecule has 0 N–H and O–H groups in total. The molecule has 0 atom stereocenters. The average molecular weight is 1680 g/mol. The molecule has 0 spiro atoms. The van der Waals surface area contributed by atoms with E-state index in [9.17, 15) is 0 Å². The number of thiophene rings is 1. The van der Waals surface area contributed by atoms with E-state index in [0.29, 0.717) is 0 Å². The summed E-state index contributed by atoms with van der Waals surface area (Å²) in [4.78, 5) is 21.8. The summed E-state index contributed by atoms with van der Waals surface area (Å²) in [5.41, 5.74) is 16.7. The second-order valence-electron chi connectivity index (χ2n) is 19.8. The summed E-state index contributed by atoms with van der Waals surface area (Å²) in [7, 11) is 0. The van der Waals surface area contributed by atoms with Crippen molar-refractivity contribution in [2.45, 2.75) is 20.8 Å². The molecular formula is C76H52Ir3N5O2S-5. The van der Waals surface area contributed by atoms with Crippen molar-refractivity contribution in [2.75, 3.05) is 0 Å². The molecule has 16 rings (SSSR count). The van der Waals surface area contributed by atoms with E-state index in [1.807, 2.05) is 208 Å². The van der Waals surface area contributed by atoms with Crippen LogP contribution in [0.1, 0.15) is 16.7 Å². The maximum Gasteiger partial charge on any atom is 0.120 e. The number of hydrogen-bond acceptors (Lipinski definition) is 8. The first-order valence-corrected chi connectivity index (χ1v) is 28.2. The molecule has 431 valence electrons. The summed E-state index contributed by atoms with van der Waals surface area (Å²) < 4.78 is 14.6. The van der Waals surface area contributed by atoms with Gasteiger partial charge in [-0.05, 0) is 107 Å². The predicted molar refractivity (Wildman–Crippen MR) is 344 cm³/mol. The summed E-state index contributed by atoms with van der Waals surface area (Å²) in [6, 6.07) is 92.7. The first-order chi connectivity index (χ1) is 41.4. The molecule has 0 unspecified atom stereocenters. The van der Waals surface area contributed by atoms with Crippen LogP contribution < -0.4 is 0 Å². The molecule has 8 heterocycles. The minimum absolute atomic E-state index is 0. The van der Waals surface area contributed by atoms with Gasteiger partial charge in [0.1, 0.15) is 11.2 Å². The number of fused-ring (bicyclic) bond motifs is 9. The number of para-hydroxylation sites is 2. The fourth-order valence-electron chi connectivity index (χ4n) is 9.64. The fraction of sp³-hybridized carbons (Fsp3) is 0.0395. The van der Waals surface area contributed by atoms with Crippen LogP contribution in [-0.2, 0) is 60.3 Å². The van der Waals surface area contributed by atoms with Crippen LogP contribution in [0.4, 0.5) is 0 Å². The van der Waals surface area contributed by atoms with Gasteiger partial charge in [0.2, 0.25) is 0 Å². The second-order valence-corrected chi connectivity index (χ2v) is 20.8. The molecule has 8 aromatic heterocycles. The van der Waals surface area contributed by atoms with Gasteiger partial charge in [-0.3, -0.25) is 0 Å². The molecule has 0 fully saturated rings. The zero-order valence-electron chi connectivity index (χ0n) is 47.3. The second kappa shape index (κ2) is 30.1. The minimum atomic E-state index is 0. The SMILES string of the molecule is Cc1ccc(-c2[c-]ccc3c2oc2ccccc23)nc1.Cc1ccc(-c2[c-]cccc2)nc1.Cc1ccnc(-c2[c-]cc3sc4ccccc4c3c2)c1.[Ir].[Ir].[Ir].[c-]1ccc2c(oc3ccccc32)c1-c1ccccn1.[c-]1ccccc1-c1ccccn1. The van der Waals surface area contributed by atoms with E-state index in [1.165, 1.54) is 31.3 Å². The Balaban J connectivity index is 0.000000130. The maximum atomic E-state index is 6.00. The summed E-state index contributed by atoms with van der Waals surface area (Å²) in [6.45, 7) is 6.15. The molecule has 0 aliphatic carbocycles. The van der Waals surface area contributed by atoms with E-state index < -0.39 is 0 Å². The fourth-order valence-corrected chi connectivity index (χ4v) is 10.7. The van der Waals surface area contributed by atoms with Crippen molar-refractivity contribution in [3.05, 3.63) is 309 Å². The molecule has 3 radical (unpaired) electrons. The van der Waals surface area contributed by atoms with Gasteiger partial charge in [-0.15, -0.1) is 132 Å². The van der Waals surface area contributed by atoms with Gasteiger partial charge < -0.3 is 33.8 Å². The molecule has 0 aliphatic heterocycles. The Morgan fingerprint density at radius 3 is 1.34 bits per heavy atom. The van der Waals surface area contributed by atoms with Gasteiger partial charge in [-0.2, -0.15) is 11.3 Å². The molecule has 0 amide bonds. The van der Waals surface area contributed by atoms with Crippen molar-refractivity contribution in [2.24, 2.45) is 0 Å². The van der Waals surface area contributed by atoms with E-state index in [-0.39, 0.29) is 60.3 Å². The zero-order chi connectivity index (χ0) is 57.0. The Hall–Kier alpha value is -8.72. The molecular weight excluding hydrogens is 1620 g/mol. The van der Waals surface area contributed by atoms with Crippen LogP contribution in [0.25, 0.3) is 120 Å². The maximum absolute atomic E-state index is 6.00. The topological polar surface area (TPSA) is 90.7 Å². The predicted octanol–water partition coefficient (Wildman–Crippen LogP) is 19.8. The number of hydrogen-bond donors (Lipinski definition) is 0. The molecule has 0 bridgehead atoms. The van der Waals surface area contributed by atoms with Gasteiger partial charge in [0.05, 0.1) is 11.2 Å². The van der Waals surface area contributed by atoms with Gasteiger partial charge in [-0.25, -0.2) is 0 Å². The molecule has 8 aromatic carbocycles. The Morgan fingerprint density at radius 2 is 0.816 bits per heavy atom. The standard InChI is InChI=1S/C18H12NO.C18H12NS.C17H10NO.C12H10N.C11H8N.3Ir/c1-12-9-10-16(19-11-12)15-7-4-6-14-13-5-2-3-8-17(13)20-18(14)15;1-12-8-9-19-16(10-12)13-6-7-18-15(11-13)14-4-2-3-5-17(14)20-18;1-2-10-16-12(6-1)13-7-5-8-14(17(13)19-16)15-9-3-4-11-18-15;1-10-7-8-12(13-9-10)11-5-3-2-4-6-11;1-2-6-10(7-3-1)11-8-4-5-9-12-11;;;/h2-6,8-11H,1H3;2-5,7-11H,1H3;1-7,9-11H;2-5,7-9H,1H3;1-6,8-9H;;;/q5*-1;;;. The summed E-state index contributed by atoms with van der Waals surface area (Å²) in [6.07, 6.45) is 9.16. The summed E-state index contributed by atoms with van der Waals surface area (Å²) in [5.74, 6) is 0. The quantitative estimate of drug-likeness (QED) is 0.159. The van der Waals surface area contributed by atoms with Crippen molar-refractivity contribution in [1.82, 2.24) is 24.9 Å². The van der Waals surface area contributed by atoms with Crippen molar-refractivity contribution in [1.29, 1.82) is 0 Å². The van der Waals surface area contributed by atoms with E-state index in [2.05, 4.69) is 129 Å². The van der Waals surface area contributed by atoms with Crippen LogP contribution in [0, 0.1) is 51.1 Å². The van der Waals surface area contributed by atoms with Crippen molar-refractivity contribution >= 4 is 75.4 Å². The van der Waals surface area contributed by atoms with E-state index in [4.69, 9.17) is 8.83 Å². The third kappa shape index (κ3) is 14.9. The molecule has 0 aliphatic rings. The molecule has 7 nitrogen and oxygen atoms in total. The van der Waals surface area contributed by atoms with Crippen LogP contribution >= 0.6 is 11.3 Å². The number of aryl methyl sites for hydroxylation is 3. The Morgan fingerprint density at radius 1 is 0.322 bits per heavy atom. The molecule has 11 heteroatoms. The minimum Gasteiger partial charge on any atom is -0.501 e. The molecule has 87 heavy (non-hydrogen) atoms. The van der Waals surface area contributed by atoms with E-state index >= 15 is 0 Å². The number of nitrogens with zero attached hydrogens (tertiary/aromatic N) is 5.